The molecule has 1 aliphatic rings. The van der Waals surface area contributed by atoms with Gasteiger partial charge >= 0.3 is 0 Å². The molecule has 0 bridgehead atoms. The lowest BCUT2D eigenvalue weighted by atomic mass is 10.2. The monoisotopic (exact) mass is 257 g/mol. The Morgan fingerprint density at radius 1 is 1.44 bits per heavy atom. The normalized spacial score (nSPS) is 17.8. The Kier molecular flexibility index (Phi) is 5.16. The molecule has 0 amide bonds. The maximum atomic E-state index is 5.35. The molecule has 1 aromatic rings. The molecule has 90 valence electrons. The summed E-state index contributed by atoms with van der Waals surface area (Å²) in [5, 5.41) is 2.20. The van der Waals surface area contributed by atoms with Gasteiger partial charge in [0.15, 0.2) is 0 Å². The number of rotatable bonds is 5. The quantitative estimate of drug-likeness (QED) is 0.753. The molecule has 1 fully saturated rings. The summed E-state index contributed by atoms with van der Waals surface area (Å²) < 4.78 is 6.83. The van der Waals surface area contributed by atoms with Crippen LogP contribution in [-0.2, 0) is 11.2 Å². The van der Waals surface area contributed by atoms with E-state index >= 15 is 0 Å². The fourth-order valence-corrected chi connectivity index (χ4v) is 3.67. The number of hydrogen-bond donors (Lipinski definition) is 0. The highest BCUT2D eigenvalue weighted by molar-refractivity contribution is 8.00. The molecule has 1 aliphatic heterocycles. The van der Waals surface area contributed by atoms with Gasteiger partial charge in [-0.15, -0.1) is 23.1 Å². The Hall–Kier alpha value is -0.0300. The second kappa shape index (κ2) is 6.64. The molecule has 4 heteroatoms. The lowest BCUT2D eigenvalue weighted by molar-refractivity contribution is 0.0374. The van der Waals surface area contributed by atoms with Gasteiger partial charge in [0.25, 0.3) is 0 Å². The summed E-state index contributed by atoms with van der Waals surface area (Å²) in [6, 6.07) is 2.27. The van der Waals surface area contributed by atoms with Gasteiger partial charge in [0.1, 0.15) is 0 Å². The second-order valence-electron chi connectivity index (χ2n) is 3.99. The zero-order chi connectivity index (χ0) is 11.2. The molecule has 0 aromatic carbocycles. The second-order valence-corrected chi connectivity index (χ2v) is 5.99. The Morgan fingerprint density at radius 2 is 2.25 bits per heavy atom. The third-order valence-corrected chi connectivity index (χ3v) is 5.09. The van der Waals surface area contributed by atoms with Crippen molar-refractivity contribution in [1.82, 2.24) is 4.90 Å². The van der Waals surface area contributed by atoms with Gasteiger partial charge in [-0.2, -0.15) is 0 Å². The van der Waals surface area contributed by atoms with Crippen LogP contribution in [0.5, 0.6) is 0 Å². The lowest BCUT2D eigenvalue weighted by Crippen LogP contribution is -2.36. The molecular weight excluding hydrogens is 238 g/mol. The standard InChI is InChI=1S/C12H19NOS2/c1-15-12-11(4-10-16-12)3-2-5-13-6-8-14-9-7-13/h4,10H,2-3,5-9H2,1H3. The molecular formula is C12H19NOS2. The van der Waals surface area contributed by atoms with Crippen molar-refractivity contribution in [2.45, 2.75) is 17.1 Å². The van der Waals surface area contributed by atoms with Crippen molar-refractivity contribution in [3.05, 3.63) is 17.0 Å². The van der Waals surface area contributed by atoms with Crippen LogP contribution in [0.4, 0.5) is 0 Å². The zero-order valence-corrected chi connectivity index (χ0v) is 11.4. The summed E-state index contributed by atoms with van der Waals surface area (Å²) in [7, 11) is 0. The first-order chi connectivity index (χ1) is 7.90. The zero-order valence-electron chi connectivity index (χ0n) is 9.78. The Morgan fingerprint density at radius 3 is 3.00 bits per heavy atom. The molecule has 0 saturated carbocycles. The van der Waals surface area contributed by atoms with E-state index in [1.807, 2.05) is 23.1 Å². The molecule has 0 atom stereocenters. The van der Waals surface area contributed by atoms with Gasteiger partial charge < -0.3 is 4.74 Å². The SMILES string of the molecule is CSc1sccc1CCCN1CCOCC1. The summed E-state index contributed by atoms with van der Waals surface area (Å²) in [4.78, 5) is 2.51. The summed E-state index contributed by atoms with van der Waals surface area (Å²) in [6.07, 6.45) is 4.65. The minimum Gasteiger partial charge on any atom is -0.379 e. The molecule has 0 unspecified atom stereocenters. The molecule has 16 heavy (non-hydrogen) atoms. The van der Waals surface area contributed by atoms with Gasteiger partial charge in [-0.25, -0.2) is 0 Å². The van der Waals surface area contributed by atoms with Crippen LogP contribution >= 0.6 is 23.1 Å². The van der Waals surface area contributed by atoms with E-state index in [4.69, 9.17) is 4.74 Å². The average molecular weight is 257 g/mol. The van der Waals surface area contributed by atoms with Crippen LogP contribution < -0.4 is 0 Å². The Balaban J connectivity index is 1.71. The van der Waals surface area contributed by atoms with E-state index in [0.717, 1.165) is 26.3 Å². The van der Waals surface area contributed by atoms with E-state index in [2.05, 4.69) is 22.6 Å². The van der Waals surface area contributed by atoms with Crippen LogP contribution in [-0.4, -0.2) is 44.0 Å². The van der Waals surface area contributed by atoms with Gasteiger partial charge in [-0.1, -0.05) is 0 Å². The fraction of sp³-hybridized carbons (Fsp3) is 0.667. The number of thiophene rings is 1. The minimum absolute atomic E-state index is 0.911. The van der Waals surface area contributed by atoms with E-state index in [0.29, 0.717) is 0 Å². The molecule has 0 N–H and O–H groups in total. The first-order valence-electron chi connectivity index (χ1n) is 5.80. The van der Waals surface area contributed by atoms with Crippen molar-refractivity contribution in [3.63, 3.8) is 0 Å². The van der Waals surface area contributed by atoms with Crippen LogP contribution in [0.3, 0.4) is 0 Å². The summed E-state index contributed by atoms with van der Waals surface area (Å²) >= 11 is 3.74. The fourth-order valence-electron chi connectivity index (χ4n) is 2.00. The van der Waals surface area contributed by atoms with Crippen molar-refractivity contribution < 1.29 is 4.74 Å². The molecule has 0 radical (unpaired) electrons. The summed E-state index contributed by atoms with van der Waals surface area (Å²) in [5.74, 6) is 0. The smallest absolute Gasteiger partial charge is 0.0627 e. The molecule has 2 heterocycles. The van der Waals surface area contributed by atoms with Crippen LogP contribution in [0, 0.1) is 0 Å². The lowest BCUT2D eigenvalue weighted by Gasteiger charge is -2.26. The Labute approximate surface area is 106 Å². The third-order valence-electron chi connectivity index (χ3n) is 2.92. The highest BCUT2D eigenvalue weighted by atomic mass is 32.2. The van der Waals surface area contributed by atoms with Gasteiger partial charge in [0.2, 0.25) is 0 Å². The predicted molar refractivity (Wildman–Crippen MR) is 71.7 cm³/mol. The van der Waals surface area contributed by atoms with Crippen molar-refractivity contribution in [3.8, 4) is 0 Å². The summed E-state index contributed by atoms with van der Waals surface area (Å²) in [5.41, 5.74) is 1.53. The van der Waals surface area contributed by atoms with Crippen LogP contribution in [0.15, 0.2) is 15.7 Å². The number of aryl methyl sites for hydroxylation is 1. The minimum atomic E-state index is 0.911. The highest BCUT2D eigenvalue weighted by Gasteiger charge is 2.10. The van der Waals surface area contributed by atoms with Crippen molar-refractivity contribution in [1.29, 1.82) is 0 Å². The summed E-state index contributed by atoms with van der Waals surface area (Å²) in [6.45, 7) is 5.26. The van der Waals surface area contributed by atoms with Gasteiger partial charge in [-0.3, -0.25) is 4.90 Å². The first-order valence-corrected chi connectivity index (χ1v) is 7.91. The van der Waals surface area contributed by atoms with E-state index in [9.17, 15) is 0 Å². The number of morpholine rings is 1. The van der Waals surface area contributed by atoms with E-state index in [1.165, 1.54) is 29.2 Å². The van der Waals surface area contributed by atoms with E-state index in [-0.39, 0.29) is 0 Å². The number of nitrogens with zero attached hydrogens (tertiary/aromatic N) is 1. The molecule has 2 nitrogen and oxygen atoms in total. The maximum Gasteiger partial charge on any atom is 0.0627 e. The van der Waals surface area contributed by atoms with Crippen molar-refractivity contribution in [2.24, 2.45) is 0 Å². The van der Waals surface area contributed by atoms with Crippen molar-refractivity contribution >= 4 is 23.1 Å². The molecule has 0 aliphatic carbocycles. The van der Waals surface area contributed by atoms with Crippen LogP contribution in [0.2, 0.25) is 0 Å². The molecule has 2 rings (SSSR count). The highest BCUT2D eigenvalue weighted by Crippen LogP contribution is 2.27. The van der Waals surface area contributed by atoms with Crippen LogP contribution in [0.25, 0.3) is 0 Å². The predicted octanol–water partition coefficient (Wildman–Crippen LogP) is 2.73. The van der Waals surface area contributed by atoms with Gasteiger partial charge in [0, 0.05) is 13.1 Å². The van der Waals surface area contributed by atoms with E-state index < -0.39 is 0 Å². The average Bonchev–Trinajstić information content (AvgIpc) is 2.78. The van der Waals surface area contributed by atoms with Gasteiger partial charge in [-0.05, 0) is 42.7 Å². The van der Waals surface area contributed by atoms with Gasteiger partial charge in [0.05, 0.1) is 17.4 Å². The number of hydrogen-bond acceptors (Lipinski definition) is 4. The van der Waals surface area contributed by atoms with Crippen molar-refractivity contribution in [2.75, 3.05) is 39.1 Å². The molecule has 0 spiro atoms. The Bertz CT molecular complexity index is 308. The molecule has 1 aromatic heterocycles. The number of ether oxygens (including phenoxy) is 1. The number of thioether (sulfide) groups is 1. The van der Waals surface area contributed by atoms with Crippen LogP contribution in [0.1, 0.15) is 12.0 Å². The topological polar surface area (TPSA) is 12.5 Å². The maximum absolute atomic E-state index is 5.35. The largest absolute Gasteiger partial charge is 0.379 e. The molecule has 1 saturated heterocycles. The van der Waals surface area contributed by atoms with E-state index in [1.54, 1.807) is 0 Å². The third kappa shape index (κ3) is 3.48. The first kappa shape index (κ1) is 12.4.